The van der Waals surface area contributed by atoms with Gasteiger partial charge in [0.15, 0.2) is 5.82 Å². The second-order valence-corrected chi connectivity index (χ2v) is 6.81. The molecule has 0 aliphatic carbocycles. The average molecular weight is 337 g/mol. The van der Waals surface area contributed by atoms with E-state index >= 15 is 0 Å². The van der Waals surface area contributed by atoms with Crippen LogP contribution in [0.15, 0.2) is 42.7 Å². The standard InChI is InChI=1S/C20H27N5/c1-4-17-13-19(24-20(23-17)16-5-9-21-10-6-16)22-18-7-11-25(12-8-18)14-15(2)3/h5-6,9-10,13,18H,2,4,7-8,11-12,14H2,1,3H3,(H,22,23,24). The quantitative estimate of drug-likeness (QED) is 0.817. The number of aryl methyl sites for hydroxylation is 1. The zero-order valence-electron chi connectivity index (χ0n) is 15.2. The minimum Gasteiger partial charge on any atom is -0.367 e. The first kappa shape index (κ1) is 17.5. The lowest BCUT2D eigenvalue weighted by atomic mass is 10.0. The SMILES string of the molecule is C=C(C)CN1CCC(Nc2cc(CC)nc(-c3ccncc3)n2)CC1. The topological polar surface area (TPSA) is 53.9 Å². The van der Waals surface area contributed by atoms with Crippen molar-refractivity contribution in [3.8, 4) is 11.4 Å². The molecule has 1 N–H and O–H groups in total. The summed E-state index contributed by atoms with van der Waals surface area (Å²) in [5.41, 5.74) is 3.30. The number of likely N-dealkylation sites (tertiary alicyclic amines) is 1. The summed E-state index contributed by atoms with van der Waals surface area (Å²) < 4.78 is 0. The molecule has 0 unspecified atom stereocenters. The van der Waals surface area contributed by atoms with Gasteiger partial charge in [0.1, 0.15) is 5.82 Å². The highest BCUT2D eigenvalue weighted by Gasteiger charge is 2.19. The molecule has 1 fully saturated rings. The first-order valence-corrected chi connectivity index (χ1v) is 9.05. The van der Waals surface area contributed by atoms with E-state index in [1.54, 1.807) is 12.4 Å². The third-order valence-electron chi connectivity index (χ3n) is 4.51. The van der Waals surface area contributed by atoms with E-state index in [0.29, 0.717) is 6.04 Å². The number of hydrogen-bond acceptors (Lipinski definition) is 5. The zero-order chi connectivity index (χ0) is 17.6. The Kier molecular flexibility index (Phi) is 5.76. The molecule has 1 aliphatic heterocycles. The maximum Gasteiger partial charge on any atom is 0.161 e. The molecule has 2 aromatic heterocycles. The smallest absolute Gasteiger partial charge is 0.161 e. The summed E-state index contributed by atoms with van der Waals surface area (Å²) in [4.78, 5) is 15.9. The third-order valence-corrected chi connectivity index (χ3v) is 4.51. The van der Waals surface area contributed by atoms with Crippen LogP contribution in [0.4, 0.5) is 5.82 Å². The number of hydrogen-bond donors (Lipinski definition) is 1. The second kappa shape index (κ2) is 8.21. The first-order valence-electron chi connectivity index (χ1n) is 9.05. The molecule has 0 amide bonds. The molecular formula is C20H27N5. The van der Waals surface area contributed by atoms with Crippen molar-refractivity contribution in [2.45, 2.75) is 39.2 Å². The second-order valence-electron chi connectivity index (χ2n) is 6.81. The van der Waals surface area contributed by atoms with Crippen molar-refractivity contribution in [1.82, 2.24) is 19.9 Å². The molecule has 0 spiro atoms. The lowest BCUT2D eigenvalue weighted by molar-refractivity contribution is 0.235. The monoisotopic (exact) mass is 337 g/mol. The molecule has 0 saturated carbocycles. The number of aromatic nitrogens is 3. The van der Waals surface area contributed by atoms with Gasteiger partial charge in [0.25, 0.3) is 0 Å². The highest BCUT2D eigenvalue weighted by atomic mass is 15.1. The van der Waals surface area contributed by atoms with Crippen molar-refractivity contribution in [3.05, 3.63) is 48.4 Å². The fraction of sp³-hybridized carbons (Fsp3) is 0.450. The minimum absolute atomic E-state index is 0.464. The molecule has 5 heteroatoms. The van der Waals surface area contributed by atoms with E-state index in [1.807, 2.05) is 12.1 Å². The van der Waals surface area contributed by atoms with Crippen LogP contribution >= 0.6 is 0 Å². The van der Waals surface area contributed by atoms with Gasteiger partial charge in [-0.25, -0.2) is 9.97 Å². The Labute approximate surface area is 150 Å². The molecule has 1 aliphatic rings. The van der Waals surface area contributed by atoms with Crippen molar-refractivity contribution in [3.63, 3.8) is 0 Å². The molecule has 3 heterocycles. The average Bonchev–Trinajstić information content (AvgIpc) is 2.63. The molecule has 0 bridgehead atoms. The Balaban J connectivity index is 1.69. The van der Waals surface area contributed by atoms with Gasteiger partial charge in [-0.3, -0.25) is 9.88 Å². The van der Waals surface area contributed by atoms with Crippen LogP contribution in [0, 0.1) is 0 Å². The molecular weight excluding hydrogens is 310 g/mol. The fourth-order valence-electron chi connectivity index (χ4n) is 3.21. The summed E-state index contributed by atoms with van der Waals surface area (Å²) in [5.74, 6) is 1.70. The van der Waals surface area contributed by atoms with E-state index in [1.165, 1.54) is 5.57 Å². The Hall–Kier alpha value is -2.27. The molecule has 2 aromatic rings. The van der Waals surface area contributed by atoms with Gasteiger partial charge in [-0.05, 0) is 38.3 Å². The van der Waals surface area contributed by atoms with Crippen LogP contribution in [0.3, 0.4) is 0 Å². The number of rotatable bonds is 6. The van der Waals surface area contributed by atoms with Crippen LogP contribution < -0.4 is 5.32 Å². The van der Waals surface area contributed by atoms with E-state index in [9.17, 15) is 0 Å². The van der Waals surface area contributed by atoms with Gasteiger partial charge in [0, 0.05) is 55.4 Å². The Bertz CT molecular complexity index is 705. The Morgan fingerprint density at radius 3 is 2.60 bits per heavy atom. The lowest BCUT2D eigenvalue weighted by Gasteiger charge is -2.32. The summed E-state index contributed by atoms with van der Waals surface area (Å²) >= 11 is 0. The third kappa shape index (κ3) is 4.86. The maximum absolute atomic E-state index is 4.74. The van der Waals surface area contributed by atoms with Gasteiger partial charge >= 0.3 is 0 Å². The van der Waals surface area contributed by atoms with Gasteiger partial charge in [0.2, 0.25) is 0 Å². The van der Waals surface area contributed by atoms with Crippen LogP contribution in [0.5, 0.6) is 0 Å². The summed E-state index contributed by atoms with van der Waals surface area (Å²) in [7, 11) is 0. The normalized spacial score (nSPS) is 15.9. The number of anilines is 1. The van der Waals surface area contributed by atoms with E-state index in [4.69, 9.17) is 4.98 Å². The van der Waals surface area contributed by atoms with E-state index < -0.39 is 0 Å². The molecule has 132 valence electrons. The van der Waals surface area contributed by atoms with Crippen molar-refractivity contribution >= 4 is 5.82 Å². The van der Waals surface area contributed by atoms with E-state index in [-0.39, 0.29) is 0 Å². The van der Waals surface area contributed by atoms with Crippen LogP contribution in [0.25, 0.3) is 11.4 Å². The van der Waals surface area contributed by atoms with Crippen LogP contribution in [-0.4, -0.2) is 45.5 Å². The molecule has 0 atom stereocenters. The molecule has 5 nitrogen and oxygen atoms in total. The molecule has 3 rings (SSSR count). The molecule has 25 heavy (non-hydrogen) atoms. The first-order chi connectivity index (χ1) is 12.1. The molecule has 1 saturated heterocycles. The number of nitrogens with zero attached hydrogens (tertiary/aromatic N) is 4. The van der Waals surface area contributed by atoms with Crippen molar-refractivity contribution in [2.75, 3.05) is 25.0 Å². The largest absolute Gasteiger partial charge is 0.367 e. The van der Waals surface area contributed by atoms with Gasteiger partial charge in [0.05, 0.1) is 0 Å². The summed E-state index contributed by atoms with van der Waals surface area (Å²) in [6.45, 7) is 11.4. The number of piperidine rings is 1. The minimum atomic E-state index is 0.464. The summed E-state index contributed by atoms with van der Waals surface area (Å²) in [5, 5.41) is 3.62. The number of nitrogens with one attached hydrogen (secondary N) is 1. The Morgan fingerprint density at radius 2 is 1.96 bits per heavy atom. The van der Waals surface area contributed by atoms with Gasteiger partial charge < -0.3 is 5.32 Å². The van der Waals surface area contributed by atoms with Crippen LogP contribution in [0.2, 0.25) is 0 Å². The van der Waals surface area contributed by atoms with Crippen LogP contribution in [-0.2, 0) is 6.42 Å². The van der Waals surface area contributed by atoms with Crippen molar-refractivity contribution in [2.24, 2.45) is 0 Å². The van der Waals surface area contributed by atoms with Gasteiger partial charge in [-0.15, -0.1) is 0 Å². The van der Waals surface area contributed by atoms with E-state index in [0.717, 1.165) is 61.8 Å². The summed E-state index contributed by atoms with van der Waals surface area (Å²) in [6, 6.07) is 6.44. The lowest BCUT2D eigenvalue weighted by Crippen LogP contribution is -2.39. The highest BCUT2D eigenvalue weighted by Crippen LogP contribution is 2.20. The Morgan fingerprint density at radius 1 is 1.24 bits per heavy atom. The van der Waals surface area contributed by atoms with Crippen molar-refractivity contribution < 1.29 is 0 Å². The number of pyridine rings is 1. The highest BCUT2D eigenvalue weighted by molar-refractivity contribution is 5.56. The predicted molar refractivity (Wildman–Crippen MR) is 103 cm³/mol. The summed E-state index contributed by atoms with van der Waals surface area (Å²) in [6.07, 6.45) is 6.71. The fourth-order valence-corrected chi connectivity index (χ4v) is 3.21. The predicted octanol–water partition coefficient (Wildman–Crippen LogP) is 3.55. The van der Waals surface area contributed by atoms with E-state index in [2.05, 4.69) is 46.7 Å². The van der Waals surface area contributed by atoms with Crippen LogP contribution in [0.1, 0.15) is 32.4 Å². The maximum atomic E-state index is 4.74. The molecule has 0 aromatic carbocycles. The van der Waals surface area contributed by atoms with Gasteiger partial charge in [-0.1, -0.05) is 19.1 Å². The van der Waals surface area contributed by atoms with Crippen molar-refractivity contribution in [1.29, 1.82) is 0 Å². The zero-order valence-corrected chi connectivity index (χ0v) is 15.2. The molecule has 0 radical (unpaired) electrons. The van der Waals surface area contributed by atoms with Gasteiger partial charge in [-0.2, -0.15) is 0 Å².